The quantitative estimate of drug-likeness (QED) is 0.173. The van der Waals surface area contributed by atoms with Gasteiger partial charge in [-0.25, -0.2) is 4.98 Å². The van der Waals surface area contributed by atoms with Crippen molar-refractivity contribution in [3.8, 4) is 45.0 Å². The fraction of sp³-hybridized carbons (Fsp3) is 0. The fourth-order valence-electron chi connectivity index (χ4n) is 6.54. The molecule has 0 radical (unpaired) electrons. The summed E-state index contributed by atoms with van der Waals surface area (Å²) in [5, 5.41) is 0.756. The van der Waals surface area contributed by atoms with E-state index in [1.54, 1.807) is 11.3 Å². The normalized spacial score (nSPS) is 14.8. The molecule has 0 spiro atoms. The lowest BCUT2D eigenvalue weighted by molar-refractivity contribution is 1.07. The lowest BCUT2D eigenvalue weighted by atomic mass is 9.93. The van der Waals surface area contributed by atoms with Gasteiger partial charge in [0, 0.05) is 31.3 Å². The van der Waals surface area contributed by atoms with Crippen LogP contribution in [0.2, 0.25) is 5.28 Å². The van der Waals surface area contributed by atoms with Crippen LogP contribution >= 0.6 is 22.9 Å². The highest BCUT2D eigenvalue weighted by atomic mass is 35.5. The molecular formula is C45H26ClN3S. The Morgan fingerprint density at radius 2 is 0.980 bits per heavy atom. The van der Waals surface area contributed by atoms with Gasteiger partial charge in [-0.05, 0) is 84.3 Å². The van der Waals surface area contributed by atoms with Gasteiger partial charge < -0.3 is 0 Å². The largest absolute Gasteiger partial charge is 0.226 e. The van der Waals surface area contributed by atoms with E-state index < -0.39 is 66.5 Å². The third-order valence-corrected chi connectivity index (χ3v) is 10.1. The van der Waals surface area contributed by atoms with E-state index in [4.69, 9.17) is 22.6 Å². The van der Waals surface area contributed by atoms with Crippen LogP contribution in [-0.4, -0.2) is 15.0 Å². The van der Waals surface area contributed by atoms with Gasteiger partial charge in [0.1, 0.15) is 0 Å². The van der Waals surface area contributed by atoms with E-state index >= 15 is 0 Å². The second-order valence-corrected chi connectivity index (χ2v) is 13.1. The minimum absolute atomic E-state index is 0.106. The number of thiophene rings is 1. The van der Waals surface area contributed by atoms with E-state index in [9.17, 15) is 4.11 Å². The molecule has 0 aliphatic rings. The Kier molecular flexibility index (Phi) is 4.62. The highest BCUT2D eigenvalue weighted by Gasteiger charge is 2.15. The monoisotopic (exact) mass is 686 g/mol. The maximum atomic E-state index is 9.53. The molecule has 3 nitrogen and oxygen atoms in total. The number of hydrogen-bond acceptors (Lipinski definition) is 4. The number of aromatic nitrogens is 3. The average Bonchev–Trinajstić information content (AvgIpc) is 3.65. The molecule has 0 N–H and O–H groups in total. The van der Waals surface area contributed by atoms with Crippen molar-refractivity contribution in [1.29, 1.82) is 0 Å². The summed E-state index contributed by atoms with van der Waals surface area (Å²) in [5.74, 6) is -0.134. The molecule has 0 amide bonds. The third kappa shape index (κ3) is 4.76. The molecule has 8 aromatic carbocycles. The molecule has 50 heavy (non-hydrogen) atoms. The van der Waals surface area contributed by atoms with E-state index in [1.807, 2.05) is 42.5 Å². The molecule has 0 atom stereocenters. The van der Waals surface area contributed by atoms with Gasteiger partial charge in [0.05, 0.1) is 15.1 Å². The lowest BCUT2D eigenvalue weighted by Gasteiger charge is -2.12. The van der Waals surface area contributed by atoms with Crippen LogP contribution in [0.25, 0.3) is 97.5 Å². The zero-order valence-corrected chi connectivity index (χ0v) is 27.4. The summed E-state index contributed by atoms with van der Waals surface area (Å²) in [5.41, 5.74) is 4.31. The molecule has 0 unspecified atom stereocenters. The van der Waals surface area contributed by atoms with Crippen LogP contribution in [0.15, 0.2) is 157 Å². The summed E-state index contributed by atoms with van der Waals surface area (Å²) < 4.78 is 99.5. The molecule has 2 heterocycles. The molecule has 0 aliphatic carbocycles. The van der Waals surface area contributed by atoms with Crippen LogP contribution in [-0.2, 0) is 0 Å². The SMILES string of the molecule is [2H]c1c([2H])c([2H])c2c(c1[2H])c1c([2H])c([2H])c([2H])c([2H])c1c1c([2H])c(-c3nc(Cl)nc(-c4ccc(-c5ccccc5-c5ccc6c(c5)sc5ccccc56)cc4)n3)c([2H])c([2H])c21. The molecule has 234 valence electrons. The van der Waals surface area contributed by atoms with Gasteiger partial charge in [0.2, 0.25) is 5.28 Å². The molecule has 10 rings (SSSR count). The molecule has 2 aromatic heterocycles. The van der Waals surface area contributed by atoms with E-state index in [0.717, 1.165) is 22.3 Å². The smallest absolute Gasteiger partial charge is 0.208 e. The summed E-state index contributed by atoms with van der Waals surface area (Å²) in [7, 11) is 0. The van der Waals surface area contributed by atoms with Crippen molar-refractivity contribution in [2.75, 3.05) is 0 Å². The maximum Gasteiger partial charge on any atom is 0.226 e. The van der Waals surface area contributed by atoms with Gasteiger partial charge in [0.25, 0.3) is 0 Å². The lowest BCUT2D eigenvalue weighted by Crippen LogP contribution is -1.97. The molecule has 5 heteroatoms. The first kappa shape index (κ1) is 19.9. The first-order valence-electron chi connectivity index (χ1n) is 21.2. The summed E-state index contributed by atoms with van der Waals surface area (Å²) in [6.07, 6.45) is 0. The topological polar surface area (TPSA) is 38.7 Å². The highest BCUT2D eigenvalue weighted by Crippen LogP contribution is 2.40. The van der Waals surface area contributed by atoms with Crippen LogP contribution in [0.5, 0.6) is 0 Å². The van der Waals surface area contributed by atoms with Crippen molar-refractivity contribution in [3.05, 3.63) is 163 Å². The number of benzene rings is 8. The van der Waals surface area contributed by atoms with E-state index in [0.29, 0.717) is 5.56 Å². The third-order valence-electron chi connectivity index (χ3n) is 8.84. The van der Waals surface area contributed by atoms with Crippen LogP contribution in [0.1, 0.15) is 15.1 Å². The first-order chi connectivity index (χ1) is 29.3. The average molecular weight is 687 g/mol. The van der Waals surface area contributed by atoms with E-state index in [-0.39, 0.29) is 54.8 Å². The molecule has 0 aliphatic heterocycles. The van der Waals surface area contributed by atoms with Gasteiger partial charge >= 0.3 is 0 Å². The predicted octanol–water partition coefficient (Wildman–Crippen LogP) is 13.0. The molecular weight excluding hydrogens is 650 g/mol. The molecule has 0 saturated carbocycles. The standard InChI is InChI=1S/C45H26ClN3S/c46-45-48-43(47-44(49-45)30-22-23-37-35-13-4-3-11-33(35)34-12-5-6-14-36(34)40(37)25-30)28-19-17-27(18-20-28)31-9-1-2-10-32(31)29-21-24-39-38-15-7-8-16-41(38)50-42(39)26-29/h1-26H/i3D,4D,5D,6D,11D,12D,13D,14D,22D,23D,25D. The molecule has 0 saturated heterocycles. The summed E-state index contributed by atoms with van der Waals surface area (Å²) in [4.78, 5) is 13.2. The summed E-state index contributed by atoms with van der Waals surface area (Å²) >= 11 is 8.27. The second-order valence-electron chi connectivity index (χ2n) is 11.7. The number of fused-ring (bicyclic) bond motifs is 9. The van der Waals surface area contributed by atoms with Crippen molar-refractivity contribution in [3.63, 3.8) is 0 Å². The summed E-state index contributed by atoms with van der Waals surface area (Å²) in [6, 6.07) is 24.0. The van der Waals surface area contributed by atoms with Gasteiger partial charge in [0.15, 0.2) is 11.6 Å². The van der Waals surface area contributed by atoms with Crippen molar-refractivity contribution in [2.45, 2.75) is 0 Å². The van der Waals surface area contributed by atoms with Gasteiger partial charge in [-0.15, -0.1) is 11.3 Å². The Bertz CT molecular complexity index is 3530. The Balaban J connectivity index is 1.13. The predicted molar refractivity (Wildman–Crippen MR) is 212 cm³/mol. The van der Waals surface area contributed by atoms with E-state index in [2.05, 4.69) is 63.5 Å². The van der Waals surface area contributed by atoms with Crippen LogP contribution in [0, 0.1) is 0 Å². The number of hydrogen-bond donors (Lipinski definition) is 0. The van der Waals surface area contributed by atoms with Gasteiger partial charge in [-0.1, -0.05) is 139 Å². The second kappa shape index (κ2) is 11.6. The van der Waals surface area contributed by atoms with Gasteiger partial charge in [-0.2, -0.15) is 9.97 Å². The fourth-order valence-corrected chi connectivity index (χ4v) is 7.84. The zero-order chi connectivity index (χ0) is 42.8. The van der Waals surface area contributed by atoms with Crippen LogP contribution in [0.4, 0.5) is 0 Å². The highest BCUT2D eigenvalue weighted by molar-refractivity contribution is 7.25. The zero-order valence-electron chi connectivity index (χ0n) is 36.8. The van der Waals surface area contributed by atoms with Crippen molar-refractivity contribution >= 4 is 75.4 Å². The Labute approximate surface area is 312 Å². The Morgan fingerprint density at radius 1 is 0.440 bits per heavy atom. The maximum absolute atomic E-state index is 9.53. The first-order valence-corrected chi connectivity index (χ1v) is 16.8. The van der Waals surface area contributed by atoms with Crippen molar-refractivity contribution in [1.82, 2.24) is 15.0 Å². The molecule has 10 aromatic rings. The number of halogens is 1. The number of nitrogens with zero attached hydrogens (tertiary/aromatic N) is 3. The van der Waals surface area contributed by atoms with Crippen molar-refractivity contribution < 1.29 is 15.1 Å². The van der Waals surface area contributed by atoms with Crippen LogP contribution < -0.4 is 0 Å². The Hall–Kier alpha value is -5.94. The minimum Gasteiger partial charge on any atom is -0.208 e. The Morgan fingerprint density at radius 3 is 1.70 bits per heavy atom. The van der Waals surface area contributed by atoms with E-state index in [1.165, 1.54) is 20.2 Å². The molecule has 0 fully saturated rings. The molecule has 0 bridgehead atoms. The minimum atomic E-state index is -0.643. The number of rotatable bonds is 4. The van der Waals surface area contributed by atoms with Crippen molar-refractivity contribution in [2.24, 2.45) is 0 Å². The van der Waals surface area contributed by atoms with Gasteiger partial charge in [-0.3, -0.25) is 0 Å². The van der Waals surface area contributed by atoms with Crippen LogP contribution in [0.3, 0.4) is 0 Å². The summed E-state index contributed by atoms with van der Waals surface area (Å²) in [6.45, 7) is 0.